The lowest BCUT2D eigenvalue weighted by Crippen LogP contribution is -2.47. The number of carbonyl (C=O) groups excluding carboxylic acids is 1. The van der Waals surface area contributed by atoms with E-state index < -0.39 is 0 Å². The second-order valence-corrected chi connectivity index (χ2v) is 7.43. The highest BCUT2D eigenvalue weighted by molar-refractivity contribution is 5.84. The average molecular weight is 378 g/mol. The number of fused-ring (bicyclic) bond motifs is 5. The third kappa shape index (κ3) is 2.89. The second kappa shape index (κ2) is 6.85. The lowest BCUT2D eigenvalue weighted by atomic mass is 9.94. The van der Waals surface area contributed by atoms with Crippen molar-refractivity contribution in [3.63, 3.8) is 0 Å². The van der Waals surface area contributed by atoms with Crippen molar-refractivity contribution < 1.29 is 9.21 Å². The lowest BCUT2D eigenvalue weighted by Gasteiger charge is -2.35. The summed E-state index contributed by atoms with van der Waals surface area (Å²) < 4.78 is 5.70. The smallest absolute Gasteiger partial charge is 0.252 e. The first kappa shape index (κ1) is 17.1. The van der Waals surface area contributed by atoms with E-state index in [4.69, 9.17) is 4.42 Å². The number of hydrogen-bond donors (Lipinski definition) is 0. The summed E-state index contributed by atoms with van der Waals surface area (Å²) in [6, 6.07) is 5.96. The second-order valence-electron chi connectivity index (χ2n) is 7.43. The standard InChI is InChI=1S/C20H22N6O2/c1-2-16-24-17-18(22-12-23-19(17)28-16)25-9-13-6-7-15(11-25)26(20(13)27)10-14-5-3-4-8-21-14/h3-5,8,12-13,15H,2,6-7,9-11H2,1H3/t13-,15+/m0/s1. The third-order valence-electron chi connectivity index (χ3n) is 5.67. The van der Waals surface area contributed by atoms with Crippen LogP contribution in [0.2, 0.25) is 0 Å². The molecule has 0 unspecified atom stereocenters. The SMILES string of the molecule is CCc1nc2c(N3C[C@@H]4CC[C@H](C3)N(Cc3ccccn3)C4=O)ncnc2o1. The van der Waals surface area contributed by atoms with Gasteiger partial charge in [-0.2, -0.15) is 4.98 Å². The van der Waals surface area contributed by atoms with Crippen molar-refractivity contribution in [1.82, 2.24) is 24.8 Å². The number of hydrogen-bond acceptors (Lipinski definition) is 7. The van der Waals surface area contributed by atoms with Crippen molar-refractivity contribution in [2.45, 2.75) is 38.8 Å². The van der Waals surface area contributed by atoms with Crippen molar-refractivity contribution >= 4 is 23.0 Å². The molecule has 3 saturated heterocycles. The summed E-state index contributed by atoms with van der Waals surface area (Å²) in [4.78, 5) is 35.0. The van der Waals surface area contributed by atoms with Gasteiger partial charge in [0.1, 0.15) is 6.33 Å². The zero-order valence-corrected chi connectivity index (χ0v) is 15.8. The van der Waals surface area contributed by atoms with Crippen LogP contribution in [-0.2, 0) is 17.8 Å². The Kier molecular flexibility index (Phi) is 4.18. The molecule has 8 heteroatoms. The van der Waals surface area contributed by atoms with Crippen LogP contribution in [0.3, 0.4) is 0 Å². The van der Waals surface area contributed by atoms with Crippen LogP contribution in [0.1, 0.15) is 31.4 Å². The van der Waals surface area contributed by atoms with Crippen LogP contribution >= 0.6 is 0 Å². The molecule has 3 aliphatic heterocycles. The van der Waals surface area contributed by atoms with Crippen molar-refractivity contribution in [1.29, 1.82) is 0 Å². The van der Waals surface area contributed by atoms with Crippen molar-refractivity contribution in [3.8, 4) is 0 Å². The van der Waals surface area contributed by atoms with E-state index in [1.165, 1.54) is 6.33 Å². The number of anilines is 1. The number of amides is 1. The van der Waals surface area contributed by atoms with Gasteiger partial charge in [0, 0.05) is 31.7 Å². The van der Waals surface area contributed by atoms with Crippen LogP contribution in [0.25, 0.3) is 11.2 Å². The summed E-state index contributed by atoms with van der Waals surface area (Å²) in [6.07, 6.45) is 5.90. The molecule has 6 heterocycles. The Balaban J connectivity index is 1.47. The highest BCUT2D eigenvalue weighted by atomic mass is 16.4. The maximum atomic E-state index is 13.1. The summed E-state index contributed by atoms with van der Waals surface area (Å²) >= 11 is 0. The van der Waals surface area contributed by atoms with E-state index >= 15 is 0 Å². The largest absolute Gasteiger partial charge is 0.422 e. The van der Waals surface area contributed by atoms with Crippen LogP contribution < -0.4 is 4.90 Å². The van der Waals surface area contributed by atoms with Crippen molar-refractivity contribution in [2.24, 2.45) is 5.92 Å². The molecule has 0 spiro atoms. The molecule has 8 nitrogen and oxygen atoms in total. The van der Waals surface area contributed by atoms with E-state index in [1.54, 1.807) is 6.20 Å². The minimum atomic E-state index is -0.0370. The van der Waals surface area contributed by atoms with Crippen molar-refractivity contribution in [3.05, 3.63) is 42.3 Å². The fourth-order valence-corrected chi connectivity index (χ4v) is 4.26. The van der Waals surface area contributed by atoms with Gasteiger partial charge in [-0.1, -0.05) is 13.0 Å². The van der Waals surface area contributed by atoms with Crippen LogP contribution in [0.15, 0.2) is 35.1 Å². The molecule has 0 aliphatic carbocycles. The quantitative estimate of drug-likeness (QED) is 0.688. The number of piperidine rings is 1. The molecule has 2 atom stereocenters. The molecular weight excluding hydrogens is 356 g/mol. The molecule has 28 heavy (non-hydrogen) atoms. The zero-order chi connectivity index (χ0) is 19.1. The first-order chi connectivity index (χ1) is 13.7. The van der Waals surface area contributed by atoms with Crippen LogP contribution in [-0.4, -0.2) is 49.9 Å². The molecule has 6 rings (SSSR count). The number of oxazole rings is 1. The Bertz CT molecular complexity index is 1000. The van der Waals surface area contributed by atoms with E-state index in [0.717, 1.165) is 30.9 Å². The van der Waals surface area contributed by atoms with Gasteiger partial charge < -0.3 is 14.2 Å². The molecule has 0 saturated carbocycles. The van der Waals surface area contributed by atoms with Gasteiger partial charge >= 0.3 is 0 Å². The molecule has 3 aromatic heterocycles. The number of aromatic nitrogens is 4. The van der Waals surface area contributed by atoms with Gasteiger partial charge in [0.2, 0.25) is 5.91 Å². The molecule has 1 amide bonds. The Morgan fingerprint density at radius 2 is 2.11 bits per heavy atom. The van der Waals surface area contributed by atoms with E-state index in [2.05, 4.69) is 24.8 Å². The average Bonchev–Trinajstić information content (AvgIpc) is 2.98. The molecule has 0 aromatic carbocycles. The lowest BCUT2D eigenvalue weighted by molar-refractivity contribution is -0.140. The van der Waals surface area contributed by atoms with E-state index in [9.17, 15) is 4.79 Å². The van der Waals surface area contributed by atoms with E-state index in [0.29, 0.717) is 36.6 Å². The van der Waals surface area contributed by atoms with Crippen LogP contribution in [0.5, 0.6) is 0 Å². The van der Waals surface area contributed by atoms with Gasteiger partial charge in [0.05, 0.1) is 18.2 Å². The Labute approximate surface area is 162 Å². The molecule has 144 valence electrons. The fourth-order valence-electron chi connectivity index (χ4n) is 4.26. The van der Waals surface area contributed by atoms with E-state index in [1.807, 2.05) is 30.0 Å². The molecule has 3 fully saturated rings. The molecule has 3 aliphatic rings. The monoisotopic (exact) mass is 378 g/mol. The Morgan fingerprint density at radius 3 is 2.93 bits per heavy atom. The van der Waals surface area contributed by atoms with E-state index in [-0.39, 0.29) is 17.9 Å². The van der Waals surface area contributed by atoms with Gasteiger partial charge in [-0.25, -0.2) is 9.97 Å². The number of nitrogens with zero attached hydrogens (tertiary/aromatic N) is 6. The fraction of sp³-hybridized carbons (Fsp3) is 0.450. The number of carbonyl (C=O) groups is 1. The first-order valence-electron chi connectivity index (χ1n) is 9.78. The molecule has 2 bridgehead atoms. The molecule has 3 aromatic rings. The minimum Gasteiger partial charge on any atom is -0.422 e. The molecular formula is C20H22N6O2. The number of rotatable bonds is 4. The van der Waals surface area contributed by atoms with Gasteiger partial charge in [-0.3, -0.25) is 9.78 Å². The normalized spacial score (nSPS) is 22.1. The van der Waals surface area contributed by atoms with Crippen LogP contribution in [0, 0.1) is 5.92 Å². The third-order valence-corrected chi connectivity index (χ3v) is 5.67. The number of aryl methyl sites for hydroxylation is 1. The maximum absolute atomic E-state index is 13.1. The van der Waals surface area contributed by atoms with Gasteiger partial charge in [-0.15, -0.1) is 0 Å². The van der Waals surface area contributed by atoms with Crippen LogP contribution in [0.4, 0.5) is 5.82 Å². The summed E-state index contributed by atoms with van der Waals surface area (Å²) in [5.74, 6) is 1.59. The predicted octanol–water partition coefficient (Wildman–Crippen LogP) is 2.20. The highest BCUT2D eigenvalue weighted by Gasteiger charge is 2.41. The maximum Gasteiger partial charge on any atom is 0.252 e. The van der Waals surface area contributed by atoms with Gasteiger partial charge in [-0.05, 0) is 25.0 Å². The summed E-state index contributed by atoms with van der Waals surface area (Å²) in [7, 11) is 0. The Hall–Kier alpha value is -3.03. The number of pyridine rings is 1. The first-order valence-corrected chi connectivity index (χ1v) is 9.78. The Morgan fingerprint density at radius 1 is 1.18 bits per heavy atom. The topological polar surface area (TPSA) is 88.3 Å². The highest BCUT2D eigenvalue weighted by Crippen LogP contribution is 2.34. The summed E-state index contributed by atoms with van der Waals surface area (Å²) in [6.45, 7) is 3.93. The predicted molar refractivity (Wildman–Crippen MR) is 102 cm³/mol. The molecule has 0 N–H and O–H groups in total. The van der Waals surface area contributed by atoms with Crippen molar-refractivity contribution in [2.75, 3.05) is 18.0 Å². The summed E-state index contributed by atoms with van der Waals surface area (Å²) in [5.41, 5.74) is 2.11. The molecule has 0 radical (unpaired) electrons. The van der Waals surface area contributed by atoms with Gasteiger partial charge in [0.15, 0.2) is 17.2 Å². The zero-order valence-electron chi connectivity index (χ0n) is 15.8. The minimum absolute atomic E-state index is 0.0370. The van der Waals surface area contributed by atoms with Gasteiger partial charge in [0.25, 0.3) is 5.71 Å². The summed E-state index contributed by atoms with van der Waals surface area (Å²) in [5, 5.41) is 0.